The Morgan fingerprint density at radius 3 is 2.67 bits per heavy atom. The van der Waals surface area contributed by atoms with E-state index >= 15 is 0 Å². The molecule has 2 N–H and O–H groups in total. The monoisotopic (exact) mass is 411 g/mol. The molecule has 1 aromatic heterocycles. The summed E-state index contributed by atoms with van der Waals surface area (Å²) in [5.74, 6) is -1.24. The second-order valence-electron chi connectivity index (χ2n) is 8.69. The molecule has 8 heteroatoms. The van der Waals surface area contributed by atoms with Crippen molar-refractivity contribution in [3.8, 4) is 17.3 Å². The summed E-state index contributed by atoms with van der Waals surface area (Å²) in [5.41, 5.74) is 6.51. The number of aromatic nitrogens is 2. The molecule has 1 heterocycles. The molecule has 2 atom stereocenters. The Morgan fingerprint density at radius 2 is 2.03 bits per heavy atom. The lowest BCUT2D eigenvalue weighted by Gasteiger charge is -2.41. The van der Waals surface area contributed by atoms with Crippen molar-refractivity contribution in [2.75, 3.05) is 13.1 Å². The van der Waals surface area contributed by atoms with Crippen LogP contribution in [0.25, 0.3) is 11.3 Å². The van der Waals surface area contributed by atoms with Crippen LogP contribution in [-0.4, -0.2) is 34.2 Å². The van der Waals surface area contributed by atoms with Crippen molar-refractivity contribution < 1.29 is 13.6 Å². The number of carbonyl (C=O) groups excluding carboxylic acids is 1. The maximum atomic E-state index is 14.3. The molecule has 6 nitrogen and oxygen atoms in total. The van der Waals surface area contributed by atoms with E-state index in [0.29, 0.717) is 6.54 Å². The van der Waals surface area contributed by atoms with E-state index in [2.05, 4.69) is 24.0 Å². The summed E-state index contributed by atoms with van der Waals surface area (Å²) in [4.78, 5) is 13.5. The number of hydrogen-bond donors (Lipinski definition) is 1. The van der Waals surface area contributed by atoms with Crippen molar-refractivity contribution in [2.45, 2.75) is 44.4 Å². The van der Waals surface area contributed by atoms with Crippen LogP contribution in [-0.2, 0) is 5.41 Å². The predicted molar refractivity (Wildman–Crippen MR) is 106 cm³/mol. The Kier molecular flexibility index (Phi) is 4.72. The minimum absolute atomic E-state index is 0.127. The van der Waals surface area contributed by atoms with Crippen LogP contribution in [0.4, 0.5) is 13.6 Å². The van der Waals surface area contributed by atoms with Crippen molar-refractivity contribution in [3.05, 3.63) is 47.2 Å². The van der Waals surface area contributed by atoms with Gasteiger partial charge in [-0.05, 0) is 47.9 Å². The minimum Gasteiger partial charge on any atom is -0.351 e. The molecule has 2 bridgehead atoms. The zero-order valence-corrected chi connectivity index (χ0v) is 17.0. The van der Waals surface area contributed by atoms with Crippen LogP contribution < -0.4 is 5.73 Å². The van der Waals surface area contributed by atoms with E-state index in [1.165, 1.54) is 23.1 Å². The van der Waals surface area contributed by atoms with Crippen molar-refractivity contribution in [3.63, 3.8) is 0 Å². The number of amides is 2. The largest absolute Gasteiger partial charge is 0.351 e. The van der Waals surface area contributed by atoms with E-state index in [9.17, 15) is 13.6 Å². The fourth-order valence-corrected chi connectivity index (χ4v) is 5.42. The topological polar surface area (TPSA) is 95.9 Å². The SMILES string of the molecule is CC1(C)[C@H]2CC[C@]1(CN(CCC#N)C(N)=O)c1nnc(-c3c(F)cccc3F)cc12. The van der Waals surface area contributed by atoms with E-state index in [4.69, 9.17) is 11.0 Å². The average molecular weight is 411 g/mol. The van der Waals surface area contributed by atoms with Gasteiger partial charge in [0.15, 0.2) is 0 Å². The third-order valence-corrected chi connectivity index (χ3v) is 7.10. The summed E-state index contributed by atoms with van der Waals surface area (Å²) in [6.07, 6.45) is 1.86. The van der Waals surface area contributed by atoms with Gasteiger partial charge in [-0.25, -0.2) is 13.6 Å². The van der Waals surface area contributed by atoms with Gasteiger partial charge in [-0.3, -0.25) is 0 Å². The van der Waals surface area contributed by atoms with Gasteiger partial charge in [0.2, 0.25) is 0 Å². The summed E-state index contributed by atoms with van der Waals surface area (Å²) in [6, 6.07) is 6.92. The highest BCUT2D eigenvalue weighted by Gasteiger charge is 2.64. The van der Waals surface area contributed by atoms with Gasteiger partial charge in [-0.1, -0.05) is 19.9 Å². The first-order valence-corrected chi connectivity index (χ1v) is 9.97. The van der Waals surface area contributed by atoms with Gasteiger partial charge in [0.25, 0.3) is 0 Å². The number of fused-ring (bicyclic) bond motifs is 5. The number of nitrogens with zero attached hydrogens (tertiary/aromatic N) is 4. The van der Waals surface area contributed by atoms with Gasteiger partial charge in [0, 0.05) is 18.5 Å². The summed E-state index contributed by atoms with van der Waals surface area (Å²) in [5, 5.41) is 17.5. The molecule has 1 saturated carbocycles. The van der Waals surface area contributed by atoms with E-state index in [1.807, 2.05) is 6.07 Å². The Morgan fingerprint density at radius 1 is 1.33 bits per heavy atom. The molecule has 0 saturated heterocycles. The fourth-order valence-electron chi connectivity index (χ4n) is 5.42. The van der Waals surface area contributed by atoms with Crippen molar-refractivity contribution >= 4 is 6.03 Å². The molecule has 4 rings (SSSR count). The lowest BCUT2D eigenvalue weighted by atomic mass is 9.68. The van der Waals surface area contributed by atoms with Crippen LogP contribution in [0, 0.1) is 28.4 Å². The Bertz CT molecular complexity index is 1040. The van der Waals surface area contributed by atoms with Crippen LogP contribution in [0.15, 0.2) is 24.3 Å². The molecule has 0 radical (unpaired) electrons. The summed E-state index contributed by atoms with van der Waals surface area (Å²) >= 11 is 0. The molecular weight excluding hydrogens is 388 g/mol. The smallest absolute Gasteiger partial charge is 0.314 e. The number of carbonyl (C=O) groups is 1. The number of rotatable bonds is 5. The molecule has 2 aliphatic carbocycles. The highest BCUT2D eigenvalue weighted by atomic mass is 19.1. The van der Waals surface area contributed by atoms with Crippen LogP contribution in [0.2, 0.25) is 0 Å². The average Bonchev–Trinajstić information content (AvgIpc) is 3.05. The molecule has 2 amide bonds. The third-order valence-electron chi connectivity index (χ3n) is 7.10. The van der Waals surface area contributed by atoms with Gasteiger partial charge >= 0.3 is 6.03 Å². The predicted octanol–water partition coefficient (Wildman–Crippen LogP) is 3.87. The van der Waals surface area contributed by atoms with E-state index in [1.54, 1.807) is 6.07 Å². The Hall–Kier alpha value is -3.08. The highest BCUT2D eigenvalue weighted by molar-refractivity contribution is 5.72. The van der Waals surface area contributed by atoms with Crippen molar-refractivity contribution in [2.24, 2.45) is 11.1 Å². The van der Waals surface area contributed by atoms with Gasteiger partial charge < -0.3 is 10.6 Å². The Balaban J connectivity index is 1.79. The van der Waals surface area contributed by atoms with E-state index in [-0.39, 0.29) is 35.6 Å². The minimum atomic E-state index is -0.683. The molecule has 1 fully saturated rings. The maximum absolute atomic E-state index is 14.3. The van der Waals surface area contributed by atoms with Crippen LogP contribution in [0.3, 0.4) is 0 Å². The van der Waals surface area contributed by atoms with Crippen molar-refractivity contribution in [1.29, 1.82) is 5.26 Å². The number of primary amides is 1. The third kappa shape index (κ3) is 2.76. The second-order valence-corrected chi connectivity index (χ2v) is 8.69. The second kappa shape index (κ2) is 7.01. The zero-order valence-electron chi connectivity index (χ0n) is 17.0. The first-order valence-electron chi connectivity index (χ1n) is 9.97. The lowest BCUT2D eigenvalue weighted by molar-refractivity contribution is 0.138. The number of urea groups is 1. The summed E-state index contributed by atoms with van der Waals surface area (Å²) in [6.45, 7) is 4.83. The molecule has 156 valence electrons. The quantitative estimate of drug-likeness (QED) is 0.808. The summed E-state index contributed by atoms with van der Waals surface area (Å²) < 4.78 is 28.6. The molecular formula is C22H23F2N5O. The number of nitriles is 1. The van der Waals surface area contributed by atoms with Gasteiger partial charge in [-0.15, -0.1) is 0 Å². The first kappa shape index (κ1) is 20.2. The number of benzene rings is 1. The summed E-state index contributed by atoms with van der Waals surface area (Å²) in [7, 11) is 0. The molecule has 0 aliphatic heterocycles. The number of halogens is 2. The molecule has 2 aromatic rings. The van der Waals surface area contributed by atoms with Crippen LogP contribution in [0.1, 0.15) is 50.3 Å². The number of nitrogens with two attached hydrogens (primary N) is 1. The molecule has 2 aliphatic rings. The Labute approximate surface area is 173 Å². The first-order chi connectivity index (χ1) is 14.2. The highest BCUT2D eigenvalue weighted by Crippen LogP contribution is 2.67. The van der Waals surface area contributed by atoms with Crippen molar-refractivity contribution in [1.82, 2.24) is 15.1 Å². The normalized spacial score (nSPS) is 23.1. The fraction of sp³-hybridized carbons (Fsp3) is 0.455. The molecule has 1 aromatic carbocycles. The maximum Gasteiger partial charge on any atom is 0.314 e. The lowest BCUT2D eigenvalue weighted by Crippen LogP contribution is -2.50. The van der Waals surface area contributed by atoms with E-state index < -0.39 is 23.1 Å². The molecule has 0 unspecified atom stereocenters. The standard InChI is InChI=1S/C22H23F2N5O/c1-21(2)14-7-8-22(21,12-29(20(26)30)10-4-9-25)19-13(14)11-17(27-28-19)18-15(23)5-3-6-16(18)24/h3,5-6,11,14H,4,7-8,10,12H2,1-2H3,(H2,26,30)/t14-,22-/m0/s1. The molecule has 0 spiro atoms. The zero-order chi connectivity index (χ0) is 21.7. The molecule has 30 heavy (non-hydrogen) atoms. The van der Waals surface area contributed by atoms with Gasteiger partial charge in [0.1, 0.15) is 11.6 Å². The van der Waals surface area contributed by atoms with Gasteiger partial charge in [0.05, 0.1) is 29.4 Å². The van der Waals surface area contributed by atoms with Crippen LogP contribution >= 0.6 is 0 Å². The van der Waals surface area contributed by atoms with Crippen LogP contribution in [0.5, 0.6) is 0 Å². The number of hydrogen-bond acceptors (Lipinski definition) is 4. The van der Waals surface area contributed by atoms with E-state index in [0.717, 1.165) is 24.1 Å². The van der Waals surface area contributed by atoms with Gasteiger partial charge in [-0.2, -0.15) is 15.5 Å².